The molecule has 1 fully saturated rings. The summed E-state index contributed by atoms with van der Waals surface area (Å²) in [6, 6.07) is 7.08. The number of alkyl carbamates (subject to hydrolysis) is 1. The normalized spacial score (nSPS) is 21.9. The van der Waals surface area contributed by atoms with Gasteiger partial charge in [-0.2, -0.15) is 0 Å². The molecule has 0 bridgehead atoms. The van der Waals surface area contributed by atoms with Gasteiger partial charge in [0.05, 0.1) is 5.69 Å². The number of aliphatic imine (C=N–C) groups is 1. The number of carbonyl (C=O) groups excluding carboxylic acids is 1. The quantitative estimate of drug-likeness (QED) is 0.168. The summed E-state index contributed by atoms with van der Waals surface area (Å²) in [4.78, 5) is 31.3. The summed E-state index contributed by atoms with van der Waals surface area (Å²) in [5.74, 6) is -1.09. The van der Waals surface area contributed by atoms with Crippen LogP contribution in [0, 0.1) is 0 Å². The third-order valence-electron chi connectivity index (χ3n) is 27.6. The molecule has 0 saturated heterocycles. The third kappa shape index (κ3) is 2.22. The average Bonchev–Trinajstić information content (AvgIpc) is 1.39. The van der Waals surface area contributed by atoms with E-state index >= 15 is 0 Å². The molecule has 1 atom stereocenters. The van der Waals surface area contributed by atoms with Gasteiger partial charge in [0, 0.05) is 29.4 Å². The molecule has 0 unspecified atom stereocenters. The van der Waals surface area contributed by atoms with E-state index in [0.29, 0.717) is 0 Å². The zero-order chi connectivity index (χ0) is 52.2. The summed E-state index contributed by atoms with van der Waals surface area (Å²) in [5, 5.41) is 100. The number of nitrogens with one attached hydrogen (secondary N) is 1. The van der Waals surface area contributed by atoms with Crippen LogP contribution in [0.2, 0.25) is 0 Å². The lowest BCUT2D eigenvalue weighted by Crippen LogP contribution is -2.55. The molecule has 0 radical (unpaired) electrons. The molecule has 0 aromatic heterocycles. The van der Waals surface area contributed by atoms with Crippen LogP contribution in [0.25, 0.3) is 291 Å². The molecular formula is C78H24N2O4. The smallest absolute Gasteiger partial charge is 0.408 e. The van der Waals surface area contributed by atoms with Gasteiger partial charge in [-0.25, -0.2) is 9.59 Å². The van der Waals surface area contributed by atoms with Crippen LogP contribution in [0.5, 0.6) is 0 Å². The van der Waals surface area contributed by atoms with E-state index in [4.69, 9.17) is 9.73 Å². The molecule has 370 valence electrons. The molecule has 6 heteroatoms. The monoisotopic (exact) mass is 1050 g/mol. The Kier molecular flexibility index (Phi) is 3.57. The van der Waals surface area contributed by atoms with Crippen LogP contribution < -0.4 is 5.32 Å². The minimum absolute atomic E-state index is 0.137. The number of rotatable bonds is 5. The zero-order valence-electron chi connectivity index (χ0n) is 44.3. The van der Waals surface area contributed by atoms with E-state index in [1.807, 2.05) is 12.1 Å². The van der Waals surface area contributed by atoms with E-state index < -0.39 is 29.1 Å². The Labute approximate surface area is 462 Å². The Morgan fingerprint density at radius 2 is 0.667 bits per heavy atom. The molecule has 0 aliphatic heterocycles. The SMILES string of the molecule is CC(C)(C)OC(=O)N[C@@H](Cc1ccc(N=C2CCC34c5c6c7c8c9c%10c(c%11c%12c3c3c5c5c%13c6c6c7c7c9c9c%14c%10c%10c%11c%11c%12c%12c3c3c5c5c%13c%13c6c6c7c9c7c9c%14c%10c%10c%11c%11c%12c3c3c5c5c%13c6c7c6c9c%10c%11c3c56)C84C2)cc1)C(=O)O. The summed E-state index contributed by atoms with van der Waals surface area (Å²) in [5.41, 5.74) is 8.37. The number of amides is 1. The highest BCUT2D eigenvalue weighted by atomic mass is 16.6. The number of carboxylic acid groups (broad SMARTS) is 1. The van der Waals surface area contributed by atoms with Gasteiger partial charge in [-0.15, -0.1) is 0 Å². The molecule has 84 heavy (non-hydrogen) atoms. The molecule has 34 rings (SSSR count). The maximum absolute atomic E-state index is 12.8. The van der Waals surface area contributed by atoms with Crippen LogP contribution in [0.4, 0.5) is 10.5 Å². The molecule has 6 nitrogen and oxygen atoms in total. The molecule has 2 N–H and O–H groups in total. The van der Waals surface area contributed by atoms with Gasteiger partial charge < -0.3 is 15.2 Å². The largest absolute Gasteiger partial charge is 0.480 e. The van der Waals surface area contributed by atoms with E-state index in [-0.39, 0.29) is 11.8 Å². The second-order valence-electron chi connectivity index (χ2n) is 30.3. The first-order valence-corrected chi connectivity index (χ1v) is 30.8. The van der Waals surface area contributed by atoms with Gasteiger partial charge in [0.25, 0.3) is 0 Å². The minimum Gasteiger partial charge on any atom is -0.480 e. The van der Waals surface area contributed by atoms with E-state index in [1.54, 1.807) is 334 Å². The number of carbonyl (C=O) groups is 2. The Morgan fingerprint density at radius 3 is 0.917 bits per heavy atom. The van der Waals surface area contributed by atoms with Crippen LogP contribution in [0.15, 0.2) is 29.3 Å². The second kappa shape index (κ2) is 8.52. The highest BCUT2D eigenvalue weighted by Crippen LogP contribution is 2.86. The van der Waals surface area contributed by atoms with Crippen molar-refractivity contribution in [2.75, 3.05) is 0 Å². The van der Waals surface area contributed by atoms with Crippen molar-refractivity contribution >= 4 is 314 Å². The van der Waals surface area contributed by atoms with Crippen molar-refractivity contribution < 1.29 is 19.4 Å². The van der Waals surface area contributed by atoms with E-state index in [1.165, 1.54) is 5.71 Å². The molecular weight excluding hydrogens is 1030 g/mol. The number of nitrogens with zero attached hydrogens (tertiary/aromatic N) is 1. The lowest BCUT2D eigenvalue weighted by atomic mass is 9.43. The fraction of sp³-hybridized carbons (Fsp3) is 0.141. The Morgan fingerprint density at radius 1 is 0.417 bits per heavy atom. The number of aliphatic carboxylic acids is 1. The van der Waals surface area contributed by atoms with Crippen molar-refractivity contribution in [1.29, 1.82) is 0 Å². The lowest BCUT2D eigenvalue weighted by molar-refractivity contribution is -0.139. The summed E-state index contributed by atoms with van der Waals surface area (Å²) in [6.45, 7) is 5.35. The predicted octanol–water partition coefficient (Wildman–Crippen LogP) is 19.8. The maximum Gasteiger partial charge on any atom is 0.408 e. The first kappa shape index (κ1) is 35.2. The number of carboxylic acids is 1. The Balaban J connectivity index is 0.848. The first-order valence-electron chi connectivity index (χ1n) is 30.8. The van der Waals surface area contributed by atoms with Crippen LogP contribution in [-0.4, -0.2) is 34.5 Å². The average molecular weight is 1050 g/mol. The van der Waals surface area contributed by atoms with Crippen molar-refractivity contribution in [3.63, 3.8) is 0 Å². The number of benzene rings is 19. The lowest BCUT2D eigenvalue weighted by Gasteiger charge is -2.57. The molecule has 1 amide bonds. The van der Waals surface area contributed by atoms with Crippen molar-refractivity contribution in [2.24, 2.45) is 4.99 Å². The van der Waals surface area contributed by atoms with Gasteiger partial charge >= 0.3 is 12.1 Å². The summed E-state index contributed by atoms with van der Waals surface area (Å²) in [6.07, 6.45) is 2.19. The fourth-order valence-corrected chi connectivity index (χ4v) is 26.9. The van der Waals surface area contributed by atoms with Gasteiger partial charge in [0.1, 0.15) is 11.6 Å². The summed E-state index contributed by atoms with van der Waals surface area (Å²) in [7, 11) is 0. The Bertz CT molecular complexity index is 7810. The van der Waals surface area contributed by atoms with Crippen molar-refractivity contribution in [3.05, 3.63) is 52.1 Å². The molecule has 5 aliphatic rings. The maximum atomic E-state index is 12.8. The molecule has 2 spiro atoms. The number of hydrogen-bond acceptors (Lipinski definition) is 4. The molecule has 5 aliphatic carbocycles. The molecule has 29 aromatic rings. The molecule has 29 aromatic carbocycles. The number of hydrogen-bond donors (Lipinski definition) is 2. The zero-order valence-corrected chi connectivity index (χ0v) is 44.3. The van der Waals surface area contributed by atoms with E-state index in [2.05, 4.69) is 17.4 Å². The van der Waals surface area contributed by atoms with Gasteiger partial charge in [-0.3, -0.25) is 4.99 Å². The van der Waals surface area contributed by atoms with Gasteiger partial charge in [-0.1, -0.05) is 12.1 Å². The Hall–Kier alpha value is -9.91. The van der Waals surface area contributed by atoms with E-state index in [9.17, 15) is 14.7 Å². The van der Waals surface area contributed by atoms with Crippen LogP contribution >= 0.6 is 0 Å². The van der Waals surface area contributed by atoms with Crippen molar-refractivity contribution in [2.45, 2.75) is 68.9 Å². The van der Waals surface area contributed by atoms with Crippen LogP contribution in [-0.2, 0) is 26.8 Å². The highest BCUT2D eigenvalue weighted by molar-refractivity contribution is 6.82. The summed E-state index contributed by atoms with van der Waals surface area (Å²) >= 11 is 0. The standard InChI is InChI=1S/C78H24N2O4/c1-76(2,3)84-75(83)80-15(74(81)82)10-12-4-6-13(7-5-12)79-14-8-9-77-70-62-54-44-34-26-18-16-17-20-24-22(18)30-38-32(24)42-36-28(20)29-21(17)25-23-19(16)27(26)35-41-31(23)39-33(25)43-37(29)47-46(36)56-50(42)60-52(38)58(48(54)40(30)34)64(70)66(60)72-68(56)69-57(47)51(43)61-53(39)59-49(41)55(45(35)44)63(62)71(77)65(59)67(61)73(69)78(72,77)11-14/h4-7,15H,8-11H2,1-3H3,(H,80,83)(H,81,82)/t15-,77?,78?/m0/s1. The van der Waals surface area contributed by atoms with Crippen molar-refractivity contribution in [1.82, 2.24) is 5.32 Å². The number of ether oxygens (including phenoxy) is 1. The van der Waals surface area contributed by atoms with Crippen LogP contribution in [0.1, 0.15) is 67.9 Å². The van der Waals surface area contributed by atoms with Gasteiger partial charge in [0.15, 0.2) is 0 Å². The third-order valence-corrected chi connectivity index (χ3v) is 27.6. The second-order valence-corrected chi connectivity index (χ2v) is 30.3. The first-order chi connectivity index (χ1) is 41.2. The molecule has 1 saturated carbocycles. The van der Waals surface area contributed by atoms with Crippen molar-refractivity contribution in [3.8, 4) is 0 Å². The highest BCUT2D eigenvalue weighted by Gasteiger charge is 2.70. The minimum atomic E-state index is -1.13. The molecule has 0 heterocycles. The van der Waals surface area contributed by atoms with Gasteiger partial charge in [-0.05, 0) is 364 Å². The topological polar surface area (TPSA) is 88.0 Å². The predicted molar refractivity (Wildman–Crippen MR) is 346 cm³/mol. The summed E-state index contributed by atoms with van der Waals surface area (Å²) < 4.78 is 5.48. The van der Waals surface area contributed by atoms with E-state index in [0.717, 1.165) is 30.5 Å². The van der Waals surface area contributed by atoms with Crippen LogP contribution in [0.3, 0.4) is 0 Å². The van der Waals surface area contributed by atoms with Gasteiger partial charge in [0.2, 0.25) is 0 Å². The fourth-order valence-electron chi connectivity index (χ4n) is 26.9.